The summed E-state index contributed by atoms with van der Waals surface area (Å²) in [7, 11) is 0. The Morgan fingerprint density at radius 1 is 1.14 bits per heavy atom. The van der Waals surface area contributed by atoms with E-state index in [9.17, 15) is 14.4 Å². The summed E-state index contributed by atoms with van der Waals surface area (Å²) in [5.74, 6) is -1.71. The summed E-state index contributed by atoms with van der Waals surface area (Å²) in [5.41, 5.74) is 4.87. The van der Waals surface area contributed by atoms with E-state index in [0.717, 1.165) is 20.6 Å². The standard InChI is InChI=1S/C21H21BrN2O4/c1-3-28-21(27)19-17(14-8-10-16(22)11-9-14)12-18(25)24(19)23-20(26)15-6-4-13(2)5-7-15/h4-11,17,19H,3,12H2,1-2H3,(H,23,26)/t17-,19-/m0/s1. The molecule has 1 aliphatic heterocycles. The molecule has 146 valence electrons. The van der Waals surface area contributed by atoms with E-state index in [1.807, 2.05) is 43.3 Å². The van der Waals surface area contributed by atoms with Crippen molar-refractivity contribution < 1.29 is 19.1 Å². The Bertz CT molecular complexity index is 880. The predicted octanol–water partition coefficient (Wildman–Crippen LogP) is 3.35. The maximum atomic E-state index is 12.7. The van der Waals surface area contributed by atoms with Crippen LogP contribution in [0.1, 0.15) is 40.7 Å². The third kappa shape index (κ3) is 4.25. The highest BCUT2D eigenvalue weighted by molar-refractivity contribution is 9.10. The summed E-state index contributed by atoms with van der Waals surface area (Å²) in [6.07, 6.45) is 0.110. The van der Waals surface area contributed by atoms with Crippen LogP contribution in [-0.2, 0) is 14.3 Å². The minimum Gasteiger partial charge on any atom is -0.464 e. The van der Waals surface area contributed by atoms with E-state index < -0.39 is 23.8 Å². The van der Waals surface area contributed by atoms with Crippen molar-refractivity contribution in [2.75, 3.05) is 6.61 Å². The number of ether oxygens (including phenoxy) is 1. The lowest BCUT2D eigenvalue weighted by molar-refractivity contribution is -0.153. The van der Waals surface area contributed by atoms with Crippen LogP contribution in [0.2, 0.25) is 0 Å². The molecule has 7 heteroatoms. The zero-order chi connectivity index (χ0) is 20.3. The second kappa shape index (κ2) is 8.56. The molecule has 3 rings (SSSR count). The first-order valence-corrected chi connectivity index (χ1v) is 9.81. The third-order valence-corrected chi connectivity index (χ3v) is 5.21. The Kier molecular flexibility index (Phi) is 6.14. The number of rotatable bonds is 5. The summed E-state index contributed by atoms with van der Waals surface area (Å²) in [4.78, 5) is 37.9. The van der Waals surface area contributed by atoms with E-state index in [4.69, 9.17) is 4.74 Å². The molecule has 0 unspecified atom stereocenters. The molecule has 0 saturated carbocycles. The second-order valence-electron chi connectivity index (χ2n) is 6.63. The first kappa shape index (κ1) is 20.1. The SMILES string of the molecule is CCOC(=O)[C@@H]1[C@H](c2ccc(Br)cc2)CC(=O)N1NC(=O)c1ccc(C)cc1. The van der Waals surface area contributed by atoms with Crippen LogP contribution in [0.3, 0.4) is 0 Å². The number of aryl methyl sites for hydroxylation is 1. The van der Waals surface area contributed by atoms with Crippen LogP contribution in [-0.4, -0.2) is 35.4 Å². The van der Waals surface area contributed by atoms with Gasteiger partial charge in [-0.3, -0.25) is 15.0 Å². The van der Waals surface area contributed by atoms with E-state index in [1.54, 1.807) is 19.1 Å². The van der Waals surface area contributed by atoms with Gasteiger partial charge in [0.15, 0.2) is 6.04 Å². The molecular weight excluding hydrogens is 424 g/mol. The van der Waals surface area contributed by atoms with Gasteiger partial charge in [0.1, 0.15) is 0 Å². The molecule has 0 spiro atoms. The lowest BCUT2D eigenvalue weighted by Gasteiger charge is -2.26. The van der Waals surface area contributed by atoms with E-state index in [1.165, 1.54) is 0 Å². The molecule has 2 aromatic rings. The maximum absolute atomic E-state index is 12.7. The number of amides is 2. The Morgan fingerprint density at radius 2 is 1.79 bits per heavy atom. The fourth-order valence-corrected chi connectivity index (χ4v) is 3.52. The van der Waals surface area contributed by atoms with Crippen molar-refractivity contribution in [2.24, 2.45) is 0 Å². The number of carbonyl (C=O) groups excluding carboxylic acids is 3. The number of esters is 1. The highest BCUT2D eigenvalue weighted by Gasteiger charge is 2.47. The summed E-state index contributed by atoms with van der Waals surface area (Å²) in [6.45, 7) is 3.82. The Labute approximate surface area is 172 Å². The number of nitrogens with zero attached hydrogens (tertiary/aromatic N) is 1. The first-order valence-electron chi connectivity index (χ1n) is 9.02. The van der Waals surface area contributed by atoms with Gasteiger partial charge < -0.3 is 4.74 Å². The van der Waals surface area contributed by atoms with E-state index >= 15 is 0 Å². The molecule has 0 aliphatic carbocycles. The van der Waals surface area contributed by atoms with Crippen LogP contribution >= 0.6 is 15.9 Å². The average molecular weight is 445 g/mol. The Morgan fingerprint density at radius 3 is 2.39 bits per heavy atom. The molecule has 1 aliphatic rings. The van der Waals surface area contributed by atoms with Crippen LogP contribution in [0.5, 0.6) is 0 Å². The van der Waals surface area contributed by atoms with Gasteiger partial charge in [0.25, 0.3) is 5.91 Å². The third-order valence-electron chi connectivity index (χ3n) is 4.68. The molecule has 28 heavy (non-hydrogen) atoms. The van der Waals surface area contributed by atoms with E-state index in [-0.39, 0.29) is 18.9 Å². The lowest BCUT2D eigenvalue weighted by atomic mass is 9.92. The maximum Gasteiger partial charge on any atom is 0.331 e. The molecule has 1 saturated heterocycles. The zero-order valence-corrected chi connectivity index (χ0v) is 17.2. The predicted molar refractivity (Wildman–Crippen MR) is 107 cm³/mol. The number of benzene rings is 2. The molecule has 1 fully saturated rings. The van der Waals surface area contributed by atoms with Crippen molar-refractivity contribution in [3.05, 3.63) is 69.7 Å². The van der Waals surface area contributed by atoms with Crippen LogP contribution < -0.4 is 5.43 Å². The Hall–Kier alpha value is -2.67. The van der Waals surface area contributed by atoms with Gasteiger partial charge >= 0.3 is 5.97 Å². The fraction of sp³-hybridized carbons (Fsp3) is 0.286. The van der Waals surface area contributed by atoms with Crippen LogP contribution in [0.4, 0.5) is 0 Å². The molecule has 0 bridgehead atoms. The highest BCUT2D eigenvalue weighted by atomic mass is 79.9. The van der Waals surface area contributed by atoms with Gasteiger partial charge in [-0.2, -0.15) is 0 Å². The minimum atomic E-state index is -0.914. The quantitative estimate of drug-likeness (QED) is 0.717. The van der Waals surface area contributed by atoms with E-state index in [2.05, 4.69) is 21.4 Å². The van der Waals surface area contributed by atoms with Crippen LogP contribution in [0, 0.1) is 6.92 Å². The van der Waals surface area contributed by atoms with Gasteiger partial charge in [-0.1, -0.05) is 45.8 Å². The highest BCUT2D eigenvalue weighted by Crippen LogP contribution is 2.35. The van der Waals surface area contributed by atoms with Crippen molar-refractivity contribution in [2.45, 2.75) is 32.2 Å². The summed E-state index contributed by atoms with van der Waals surface area (Å²) in [6, 6.07) is 13.5. The number of halogens is 1. The average Bonchev–Trinajstić information content (AvgIpc) is 2.99. The van der Waals surface area contributed by atoms with Gasteiger partial charge in [-0.05, 0) is 43.7 Å². The Balaban J connectivity index is 1.88. The molecule has 6 nitrogen and oxygen atoms in total. The minimum absolute atomic E-state index is 0.110. The van der Waals surface area contributed by atoms with Gasteiger partial charge in [0.2, 0.25) is 5.91 Å². The molecule has 1 N–H and O–H groups in total. The molecular formula is C21H21BrN2O4. The number of hydrazine groups is 1. The van der Waals surface area contributed by atoms with Crippen molar-refractivity contribution in [3.8, 4) is 0 Å². The smallest absolute Gasteiger partial charge is 0.331 e. The van der Waals surface area contributed by atoms with Crippen molar-refractivity contribution in [1.29, 1.82) is 0 Å². The largest absolute Gasteiger partial charge is 0.464 e. The first-order chi connectivity index (χ1) is 13.4. The van der Waals surface area contributed by atoms with Gasteiger partial charge in [0.05, 0.1) is 6.61 Å². The molecule has 2 amide bonds. The molecule has 1 heterocycles. The van der Waals surface area contributed by atoms with Crippen molar-refractivity contribution >= 4 is 33.7 Å². The lowest BCUT2D eigenvalue weighted by Crippen LogP contribution is -2.52. The number of hydrogen-bond donors (Lipinski definition) is 1. The van der Waals surface area contributed by atoms with Crippen LogP contribution in [0.25, 0.3) is 0 Å². The van der Waals surface area contributed by atoms with Gasteiger partial charge in [-0.25, -0.2) is 9.80 Å². The summed E-state index contributed by atoms with van der Waals surface area (Å²) < 4.78 is 6.09. The molecule has 0 radical (unpaired) electrons. The van der Waals surface area contributed by atoms with Gasteiger partial charge in [-0.15, -0.1) is 0 Å². The van der Waals surface area contributed by atoms with Crippen LogP contribution in [0.15, 0.2) is 53.0 Å². The van der Waals surface area contributed by atoms with Crippen molar-refractivity contribution in [3.63, 3.8) is 0 Å². The summed E-state index contributed by atoms with van der Waals surface area (Å²) in [5, 5.41) is 1.12. The zero-order valence-electron chi connectivity index (χ0n) is 15.6. The van der Waals surface area contributed by atoms with E-state index in [0.29, 0.717) is 5.56 Å². The molecule has 2 atom stereocenters. The fourth-order valence-electron chi connectivity index (χ4n) is 3.25. The molecule has 2 aromatic carbocycles. The number of carbonyl (C=O) groups is 3. The summed E-state index contributed by atoms with van der Waals surface area (Å²) >= 11 is 3.38. The monoisotopic (exact) mass is 444 g/mol. The molecule has 0 aromatic heterocycles. The normalized spacial score (nSPS) is 18.8. The topological polar surface area (TPSA) is 75.7 Å². The number of hydrogen-bond acceptors (Lipinski definition) is 4. The van der Waals surface area contributed by atoms with Gasteiger partial charge in [0, 0.05) is 22.4 Å². The van der Waals surface area contributed by atoms with Crippen molar-refractivity contribution in [1.82, 2.24) is 10.4 Å². The number of nitrogens with one attached hydrogen (secondary N) is 1. The second-order valence-corrected chi connectivity index (χ2v) is 7.55.